The molecule has 1 heteroatoms. The van der Waals surface area contributed by atoms with Crippen LogP contribution in [0, 0.1) is 10.8 Å². The van der Waals surface area contributed by atoms with Gasteiger partial charge in [0.2, 0.25) is 0 Å². The van der Waals surface area contributed by atoms with Crippen LogP contribution in [0.25, 0.3) is 0 Å². The molecule has 0 aromatic rings. The minimum absolute atomic E-state index is 0.478. The summed E-state index contributed by atoms with van der Waals surface area (Å²) in [6.45, 7) is 14.1. The Balaban J connectivity index is 2.26. The van der Waals surface area contributed by atoms with Crippen molar-refractivity contribution >= 4 is 0 Å². The SMILES string of the molecule is CCCCCC(C)NC1C(C)(C)C1(C)C. The Labute approximate surface area is 96.0 Å². The molecule has 1 nitrogen and oxygen atoms in total. The van der Waals surface area contributed by atoms with Crippen LogP contribution in [-0.2, 0) is 0 Å². The summed E-state index contributed by atoms with van der Waals surface area (Å²) in [6, 6.07) is 1.39. The number of unbranched alkanes of at least 4 members (excludes halogenated alkanes) is 2. The Morgan fingerprint density at radius 1 is 1.07 bits per heavy atom. The van der Waals surface area contributed by atoms with Crippen molar-refractivity contribution in [2.45, 2.75) is 79.3 Å². The summed E-state index contributed by atoms with van der Waals surface area (Å²) in [5.74, 6) is 0. The standard InChI is InChI=1S/C14H29N/c1-7-8-9-10-11(2)15-12-13(3,4)14(12,5)6/h11-12,15H,7-10H2,1-6H3. The van der Waals surface area contributed by atoms with Crippen LogP contribution in [0.4, 0.5) is 0 Å². The van der Waals surface area contributed by atoms with Crippen LogP contribution in [0.1, 0.15) is 67.2 Å². The van der Waals surface area contributed by atoms with E-state index in [9.17, 15) is 0 Å². The quantitative estimate of drug-likeness (QED) is 0.655. The van der Waals surface area contributed by atoms with Gasteiger partial charge in [0.25, 0.3) is 0 Å². The van der Waals surface area contributed by atoms with E-state index in [2.05, 4.69) is 46.9 Å². The van der Waals surface area contributed by atoms with Crippen LogP contribution in [0.3, 0.4) is 0 Å². The van der Waals surface area contributed by atoms with Crippen molar-refractivity contribution in [3.63, 3.8) is 0 Å². The summed E-state index contributed by atoms with van der Waals surface area (Å²) in [6.07, 6.45) is 5.41. The molecular weight excluding hydrogens is 182 g/mol. The molecular formula is C14H29N. The van der Waals surface area contributed by atoms with Gasteiger partial charge in [0, 0.05) is 12.1 Å². The van der Waals surface area contributed by atoms with Crippen molar-refractivity contribution in [1.29, 1.82) is 0 Å². The van der Waals surface area contributed by atoms with E-state index < -0.39 is 0 Å². The van der Waals surface area contributed by atoms with Crippen molar-refractivity contribution in [2.24, 2.45) is 10.8 Å². The number of rotatable bonds is 6. The fourth-order valence-electron chi connectivity index (χ4n) is 2.68. The molecule has 90 valence electrons. The van der Waals surface area contributed by atoms with E-state index in [1.54, 1.807) is 0 Å². The first-order chi connectivity index (χ1) is 6.84. The summed E-state index contributed by atoms with van der Waals surface area (Å²) < 4.78 is 0. The Morgan fingerprint density at radius 2 is 1.60 bits per heavy atom. The molecule has 0 saturated heterocycles. The van der Waals surface area contributed by atoms with Gasteiger partial charge in [0.15, 0.2) is 0 Å². The lowest BCUT2D eigenvalue weighted by Crippen LogP contribution is -2.31. The van der Waals surface area contributed by atoms with E-state index in [4.69, 9.17) is 0 Å². The van der Waals surface area contributed by atoms with Gasteiger partial charge in [0.05, 0.1) is 0 Å². The molecule has 1 N–H and O–H groups in total. The fraction of sp³-hybridized carbons (Fsp3) is 1.00. The third kappa shape index (κ3) is 2.55. The highest BCUT2D eigenvalue weighted by Gasteiger charge is 2.64. The lowest BCUT2D eigenvalue weighted by atomic mass is 10.0. The summed E-state index contributed by atoms with van der Waals surface area (Å²) >= 11 is 0. The maximum Gasteiger partial charge on any atom is 0.0183 e. The van der Waals surface area contributed by atoms with Gasteiger partial charge in [-0.15, -0.1) is 0 Å². The highest BCUT2D eigenvalue weighted by molar-refractivity contribution is 5.18. The van der Waals surface area contributed by atoms with Gasteiger partial charge in [-0.3, -0.25) is 0 Å². The van der Waals surface area contributed by atoms with Crippen LogP contribution >= 0.6 is 0 Å². The Bertz CT molecular complexity index is 191. The molecule has 1 unspecified atom stereocenters. The molecule has 0 aromatic heterocycles. The van der Waals surface area contributed by atoms with Crippen molar-refractivity contribution in [3.8, 4) is 0 Å². The largest absolute Gasteiger partial charge is 0.310 e. The van der Waals surface area contributed by atoms with E-state index in [0.717, 1.165) is 0 Å². The van der Waals surface area contributed by atoms with E-state index in [1.165, 1.54) is 25.7 Å². The topological polar surface area (TPSA) is 12.0 Å². The Morgan fingerprint density at radius 3 is 2.00 bits per heavy atom. The van der Waals surface area contributed by atoms with E-state index in [1.807, 2.05) is 0 Å². The lowest BCUT2D eigenvalue weighted by Gasteiger charge is -2.15. The summed E-state index contributed by atoms with van der Waals surface area (Å²) in [5, 5.41) is 3.79. The maximum absolute atomic E-state index is 3.79. The van der Waals surface area contributed by atoms with Crippen molar-refractivity contribution in [1.82, 2.24) is 5.32 Å². The van der Waals surface area contributed by atoms with E-state index in [-0.39, 0.29) is 0 Å². The highest BCUT2D eigenvalue weighted by Crippen LogP contribution is 2.62. The molecule has 0 amide bonds. The first-order valence-corrected chi connectivity index (χ1v) is 6.60. The lowest BCUT2D eigenvalue weighted by molar-refractivity contribution is 0.445. The van der Waals surface area contributed by atoms with Gasteiger partial charge in [-0.2, -0.15) is 0 Å². The molecule has 0 radical (unpaired) electrons. The molecule has 0 bridgehead atoms. The van der Waals surface area contributed by atoms with Gasteiger partial charge < -0.3 is 5.32 Å². The van der Waals surface area contributed by atoms with Crippen molar-refractivity contribution < 1.29 is 0 Å². The van der Waals surface area contributed by atoms with Gasteiger partial charge in [-0.1, -0.05) is 53.9 Å². The predicted molar refractivity (Wildman–Crippen MR) is 68.1 cm³/mol. The molecule has 1 atom stereocenters. The molecule has 0 aliphatic heterocycles. The second-order valence-corrected chi connectivity index (χ2v) is 6.44. The van der Waals surface area contributed by atoms with Gasteiger partial charge in [0.1, 0.15) is 0 Å². The summed E-state index contributed by atoms with van der Waals surface area (Å²) in [4.78, 5) is 0. The molecule has 0 heterocycles. The molecule has 1 aliphatic carbocycles. The molecule has 15 heavy (non-hydrogen) atoms. The Hall–Kier alpha value is -0.0400. The van der Waals surface area contributed by atoms with E-state index in [0.29, 0.717) is 22.9 Å². The monoisotopic (exact) mass is 211 g/mol. The molecule has 1 saturated carbocycles. The van der Waals surface area contributed by atoms with Crippen LogP contribution in [0.5, 0.6) is 0 Å². The van der Waals surface area contributed by atoms with E-state index >= 15 is 0 Å². The number of nitrogens with one attached hydrogen (secondary N) is 1. The second kappa shape index (κ2) is 4.45. The van der Waals surface area contributed by atoms with Crippen molar-refractivity contribution in [3.05, 3.63) is 0 Å². The number of hydrogen-bond donors (Lipinski definition) is 1. The third-order valence-corrected chi connectivity index (χ3v) is 4.71. The average molecular weight is 211 g/mol. The molecule has 1 rings (SSSR count). The first-order valence-electron chi connectivity index (χ1n) is 6.60. The molecule has 1 aliphatic rings. The summed E-state index contributed by atoms with van der Waals surface area (Å²) in [5.41, 5.74) is 0.956. The average Bonchev–Trinajstić information content (AvgIpc) is 2.49. The minimum Gasteiger partial charge on any atom is -0.310 e. The zero-order valence-electron chi connectivity index (χ0n) is 11.5. The second-order valence-electron chi connectivity index (χ2n) is 6.44. The van der Waals surface area contributed by atoms with Crippen LogP contribution in [0.15, 0.2) is 0 Å². The zero-order valence-corrected chi connectivity index (χ0v) is 11.5. The molecule has 1 fully saturated rings. The highest BCUT2D eigenvalue weighted by atomic mass is 15.1. The maximum atomic E-state index is 3.79. The summed E-state index contributed by atoms with van der Waals surface area (Å²) in [7, 11) is 0. The van der Waals surface area contributed by atoms with Crippen LogP contribution < -0.4 is 5.32 Å². The van der Waals surface area contributed by atoms with Crippen LogP contribution in [0.2, 0.25) is 0 Å². The molecule has 0 aromatic carbocycles. The minimum atomic E-state index is 0.478. The van der Waals surface area contributed by atoms with Gasteiger partial charge in [-0.05, 0) is 24.2 Å². The fourth-order valence-corrected chi connectivity index (χ4v) is 2.68. The predicted octanol–water partition coefficient (Wildman–Crippen LogP) is 3.98. The van der Waals surface area contributed by atoms with Gasteiger partial charge >= 0.3 is 0 Å². The normalized spacial score (nSPS) is 25.2. The zero-order chi connectivity index (χ0) is 11.7. The molecule has 0 spiro atoms. The van der Waals surface area contributed by atoms with Crippen LogP contribution in [-0.4, -0.2) is 12.1 Å². The Kier molecular flexibility index (Phi) is 3.86. The number of hydrogen-bond acceptors (Lipinski definition) is 1. The first kappa shape index (κ1) is 13.0. The van der Waals surface area contributed by atoms with Crippen molar-refractivity contribution in [2.75, 3.05) is 0 Å². The smallest absolute Gasteiger partial charge is 0.0183 e. The third-order valence-electron chi connectivity index (χ3n) is 4.71. The van der Waals surface area contributed by atoms with Gasteiger partial charge in [-0.25, -0.2) is 0 Å².